The van der Waals surface area contributed by atoms with E-state index in [9.17, 15) is 9.59 Å². The molecule has 0 bridgehead atoms. The number of methoxy groups -OCH3 is 1. The Balaban J connectivity index is 1.83. The van der Waals surface area contributed by atoms with Crippen molar-refractivity contribution in [2.75, 3.05) is 13.9 Å². The van der Waals surface area contributed by atoms with Crippen LogP contribution >= 0.6 is 0 Å². The van der Waals surface area contributed by atoms with Gasteiger partial charge in [0.1, 0.15) is 0 Å². The number of aromatic nitrogens is 1. The van der Waals surface area contributed by atoms with Gasteiger partial charge in [-0.2, -0.15) is 0 Å². The maximum Gasteiger partial charge on any atom is 0.422 e. The number of nitrogens with zero attached hydrogens (tertiary/aromatic N) is 1. The van der Waals surface area contributed by atoms with E-state index in [1.165, 1.54) is 7.11 Å². The van der Waals surface area contributed by atoms with Gasteiger partial charge >= 0.3 is 5.76 Å². The largest absolute Gasteiger partial charge is 0.493 e. The van der Waals surface area contributed by atoms with E-state index in [-0.39, 0.29) is 24.3 Å². The number of ether oxygens (including phenoxy) is 3. The molecule has 24 heavy (non-hydrogen) atoms. The van der Waals surface area contributed by atoms with E-state index in [0.29, 0.717) is 17.2 Å². The third-order valence-electron chi connectivity index (χ3n) is 3.86. The molecule has 2 aromatic carbocycles. The molecule has 1 aliphatic rings. The first-order chi connectivity index (χ1) is 11.7. The molecule has 0 aliphatic carbocycles. The lowest BCUT2D eigenvalue weighted by Gasteiger charge is -2.08. The lowest BCUT2D eigenvalue weighted by atomic mass is 10.2. The summed E-state index contributed by atoms with van der Waals surface area (Å²) in [5.41, 5.74) is 0.450. The van der Waals surface area contributed by atoms with Crippen LogP contribution in [0.2, 0.25) is 0 Å². The summed E-state index contributed by atoms with van der Waals surface area (Å²) < 4.78 is 22.0. The minimum absolute atomic E-state index is 0.0744. The van der Waals surface area contributed by atoms with Crippen LogP contribution in [-0.2, 0) is 6.54 Å². The Morgan fingerprint density at radius 2 is 1.96 bits per heavy atom. The summed E-state index contributed by atoms with van der Waals surface area (Å²) >= 11 is 0. The summed E-state index contributed by atoms with van der Waals surface area (Å²) in [5, 5.41) is 0.287. The standard InChI is InChI=1S/C17H13NO6/c1-21-13-4-2-3-11-15(13)24-17(20)18(16(11)19)8-10-5-6-12-14(7-10)23-9-22-12/h2-7H,8-9H2,1H3. The topological polar surface area (TPSA) is 79.9 Å². The van der Waals surface area contributed by atoms with Crippen molar-refractivity contribution >= 4 is 11.0 Å². The monoisotopic (exact) mass is 327 g/mol. The van der Waals surface area contributed by atoms with Crippen LogP contribution in [0.15, 0.2) is 50.4 Å². The van der Waals surface area contributed by atoms with Gasteiger partial charge in [0.2, 0.25) is 6.79 Å². The van der Waals surface area contributed by atoms with Crippen molar-refractivity contribution in [1.29, 1.82) is 0 Å². The maximum atomic E-state index is 12.6. The van der Waals surface area contributed by atoms with Gasteiger partial charge < -0.3 is 18.6 Å². The van der Waals surface area contributed by atoms with Gasteiger partial charge in [-0.15, -0.1) is 0 Å². The van der Waals surface area contributed by atoms with Crippen molar-refractivity contribution in [1.82, 2.24) is 4.57 Å². The maximum absolute atomic E-state index is 12.6. The second-order valence-corrected chi connectivity index (χ2v) is 5.28. The third kappa shape index (κ3) is 2.21. The molecule has 0 spiro atoms. The molecule has 0 saturated carbocycles. The Kier molecular flexibility index (Phi) is 3.26. The molecule has 0 fully saturated rings. The van der Waals surface area contributed by atoms with Gasteiger partial charge in [0.15, 0.2) is 22.8 Å². The zero-order chi connectivity index (χ0) is 16.7. The molecule has 0 N–H and O–H groups in total. The number of benzene rings is 2. The third-order valence-corrected chi connectivity index (χ3v) is 3.86. The number of para-hydroxylation sites is 1. The molecule has 3 aromatic rings. The molecule has 7 heteroatoms. The molecule has 0 amide bonds. The van der Waals surface area contributed by atoms with Crippen LogP contribution in [0.4, 0.5) is 0 Å². The smallest absolute Gasteiger partial charge is 0.422 e. The Labute approximate surface area is 135 Å². The first kappa shape index (κ1) is 14.4. The van der Waals surface area contributed by atoms with E-state index in [0.717, 1.165) is 10.1 Å². The average Bonchev–Trinajstić information content (AvgIpc) is 3.06. The Morgan fingerprint density at radius 1 is 1.12 bits per heavy atom. The average molecular weight is 327 g/mol. The minimum Gasteiger partial charge on any atom is -0.493 e. The molecule has 4 rings (SSSR count). The summed E-state index contributed by atoms with van der Waals surface area (Å²) in [6.07, 6.45) is 0. The first-order valence-electron chi connectivity index (χ1n) is 7.26. The molecule has 0 unspecified atom stereocenters. The van der Waals surface area contributed by atoms with Crippen LogP contribution < -0.4 is 25.5 Å². The Bertz CT molecular complexity index is 1050. The molecule has 0 atom stereocenters. The highest BCUT2D eigenvalue weighted by molar-refractivity contribution is 5.81. The van der Waals surface area contributed by atoms with Gasteiger partial charge in [-0.05, 0) is 29.8 Å². The fourth-order valence-electron chi connectivity index (χ4n) is 2.68. The number of fused-ring (bicyclic) bond motifs is 2. The number of hydrogen-bond acceptors (Lipinski definition) is 6. The molecule has 2 heterocycles. The normalized spacial score (nSPS) is 12.5. The van der Waals surface area contributed by atoms with Gasteiger partial charge in [-0.3, -0.25) is 4.79 Å². The lowest BCUT2D eigenvalue weighted by molar-refractivity contribution is 0.174. The molecule has 1 aliphatic heterocycles. The summed E-state index contributed by atoms with van der Waals surface area (Å²) in [6, 6.07) is 10.2. The van der Waals surface area contributed by atoms with Crippen molar-refractivity contribution in [2.24, 2.45) is 0 Å². The van der Waals surface area contributed by atoms with Gasteiger partial charge in [-0.1, -0.05) is 12.1 Å². The van der Waals surface area contributed by atoms with Crippen LogP contribution in [0.5, 0.6) is 17.2 Å². The van der Waals surface area contributed by atoms with Gasteiger partial charge in [0.05, 0.1) is 19.0 Å². The lowest BCUT2D eigenvalue weighted by Crippen LogP contribution is -2.32. The van der Waals surface area contributed by atoms with E-state index >= 15 is 0 Å². The van der Waals surface area contributed by atoms with E-state index in [1.54, 1.807) is 36.4 Å². The molecule has 122 valence electrons. The zero-order valence-electron chi connectivity index (χ0n) is 12.8. The molecular formula is C17H13NO6. The number of hydrogen-bond donors (Lipinski definition) is 0. The van der Waals surface area contributed by atoms with Crippen LogP contribution in [0.3, 0.4) is 0 Å². The highest BCUT2D eigenvalue weighted by Crippen LogP contribution is 2.32. The van der Waals surface area contributed by atoms with E-state index < -0.39 is 11.3 Å². The second-order valence-electron chi connectivity index (χ2n) is 5.28. The number of rotatable bonds is 3. The fraction of sp³-hybridized carbons (Fsp3) is 0.176. The zero-order valence-corrected chi connectivity index (χ0v) is 12.8. The highest BCUT2D eigenvalue weighted by atomic mass is 16.7. The predicted octanol–water partition coefficient (Wildman–Crippen LogP) is 1.74. The quantitative estimate of drug-likeness (QED) is 0.729. The van der Waals surface area contributed by atoms with Gasteiger partial charge in [0.25, 0.3) is 5.56 Å². The predicted molar refractivity (Wildman–Crippen MR) is 85.0 cm³/mol. The van der Waals surface area contributed by atoms with Crippen molar-refractivity contribution in [3.63, 3.8) is 0 Å². The SMILES string of the molecule is COc1cccc2c(=O)n(Cc3ccc4c(c3)OCO4)c(=O)oc12. The molecular weight excluding hydrogens is 314 g/mol. The molecule has 7 nitrogen and oxygen atoms in total. The summed E-state index contributed by atoms with van der Waals surface area (Å²) in [6.45, 7) is 0.238. The minimum atomic E-state index is -0.741. The summed E-state index contributed by atoms with van der Waals surface area (Å²) in [5.74, 6) is 0.834. The van der Waals surface area contributed by atoms with Gasteiger partial charge in [0, 0.05) is 0 Å². The van der Waals surface area contributed by atoms with Gasteiger partial charge in [-0.25, -0.2) is 9.36 Å². The highest BCUT2D eigenvalue weighted by Gasteiger charge is 2.16. The van der Waals surface area contributed by atoms with Crippen molar-refractivity contribution in [3.8, 4) is 17.2 Å². The molecule has 1 aromatic heterocycles. The van der Waals surface area contributed by atoms with Crippen LogP contribution in [0, 0.1) is 0 Å². The van der Waals surface area contributed by atoms with Crippen LogP contribution in [0.25, 0.3) is 11.0 Å². The van der Waals surface area contributed by atoms with E-state index in [1.807, 2.05) is 0 Å². The Hall–Kier alpha value is -3.22. The fourth-order valence-corrected chi connectivity index (χ4v) is 2.68. The Morgan fingerprint density at radius 3 is 2.79 bits per heavy atom. The van der Waals surface area contributed by atoms with E-state index in [2.05, 4.69) is 0 Å². The van der Waals surface area contributed by atoms with Crippen molar-refractivity contribution in [2.45, 2.75) is 6.54 Å². The van der Waals surface area contributed by atoms with Crippen molar-refractivity contribution in [3.05, 3.63) is 62.9 Å². The molecule has 0 radical (unpaired) electrons. The second kappa shape index (κ2) is 5.45. The van der Waals surface area contributed by atoms with Crippen molar-refractivity contribution < 1.29 is 18.6 Å². The van der Waals surface area contributed by atoms with E-state index in [4.69, 9.17) is 18.6 Å². The van der Waals surface area contributed by atoms with Crippen LogP contribution in [0.1, 0.15) is 5.56 Å². The van der Waals surface area contributed by atoms with Crippen LogP contribution in [-0.4, -0.2) is 18.5 Å². The summed E-state index contributed by atoms with van der Waals surface area (Å²) in [7, 11) is 1.45. The molecule has 0 saturated heterocycles. The first-order valence-corrected chi connectivity index (χ1v) is 7.26. The summed E-state index contributed by atoms with van der Waals surface area (Å²) in [4.78, 5) is 24.9.